The van der Waals surface area contributed by atoms with E-state index < -0.39 is 24.3 Å². The number of rotatable bonds is 5. The van der Waals surface area contributed by atoms with Gasteiger partial charge < -0.3 is 19.5 Å². The summed E-state index contributed by atoms with van der Waals surface area (Å²) in [7, 11) is 4.35. The molecule has 2 aromatic rings. The molecule has 0 radical (unpaired) electrons. The van der Waals surface area contributed by atoms with E-state index >= 15 is 0 Å². The van der Waals surface area contributed by atoms with Gasteiger partial charge in [-0.15, -0.1) is 0 Å². The Morgan fingerprint density at radius 2 is 1.57 bits per heavy atom. The zero-order valence-electron chi connectivity index (χ0n) is 22.0. The van der Waals surface area contributed by atoms with Gasteiger partial charge in [0, 0.05) is 63.6 Å². The summed E-state index contributed by atoms with van der Waals surface area (Å²) in [6, 6.07) is 9.07. The number of aromatic nitrogens is 2. The molecule has 0 bridgehead atoms. The summed E-state index contributed by atoms with van der Waals surface area (Å²) < 4.78 is 72.1. The highest BCUT2D eigenvalue weighted by Crippen LogP contribution is 2.38. The smallest absolute Gasteiger partial charge is 0.475 e. The van der Waals surface area contributed by atoms with Gasteiger partial charge in [-0.2, -0.15) is 26.3 Å². The van der Waals surface area contributed by atoms with Crippen molar-refractivity contribution >= 4 is 11.9 Å². The number of hydrogen-bond donors (Lipinski definition) is 2. The van der Waals surface area contributed by atoms with Crippen molar-refractivity contribution in [1.82, 2.24) is 19.4 Å². The van der Waals surface area contributed by atoms with Crippen molar-refractivity contribution in [2.75, 3.05) is 26.7 Å². The van der Waals surface area contributed by atoms with Crippen LogP contribution >= 0.6 is 0 Å². The number of carbonyl (C=O) groups is 2. The van der Waals surface area contributed by atoms with Gasteiger partial charge >= 0.3 is 24.3 Å². The molecule has 2 aromatic heterocycles. The Labute approximate surface area is 227 Å². The molecule has 2 saturated heterocycles. The lowest BCUT2D eigenvalue weighted by atomic mass is 9.87. The van der Waals surface area contributed by atoms with Gasteiger partial charge in [-0.05, 0) is 56.1 Å². The topological polar surface area (TPSA) is 108 Å². The van der Waals surface area contributed by atoms with Crippen molar-refractivity contribution in [2.24, 2.45) is 7.05 Å². The van der Waals surface area contributed by atoms with Gasteiger partial charge in [-0.3, -0.25) is 14.8 Å². The molecule has 2 fully saturated rings. The average Bonchev–Trinajstić information content (AvgIpc) is 3.47. The number of carboxylic acids is 2. The van der Waals surface area contributed by atoms with Crippen molar-refractivity contribution in [2.45, 2.75) is 56.3 Å². The number of alkyl halides is 6. The van der Waals surface area contributed by atoms with Crippen molar-refractivity contribution < 1.29 is 50.9 Å². The largest absolute Gasteiger partial charge is 0.490 e. The molecular weight excluding hydrogens is 550 g/mol. The second kappa shape index (κ2) is 13.9. The zero-order chi connectivity index (χ0) is 30.1. The number of aliphatic carboxylic acids is 2. The van der Waals surface area contributed by atoms with Gasteiger partial charge in [0.2, 0.25) is 0 Å². The monoisotopic (exact) mass is 582 g/mol. The second-order valence-corrected chi connectivity index (χ2v) is 9.61. The third-order valence-corrected chi connectivity index (χ3v) is 6.68. The lowest BCUT2D eigenvalue weighted by Gasteiger charge is -2.39. The van der Waals surface area contributed by atoms with Crippen LogP contribution in [-0.2, 0) is 34.5 Å². The van der Waals surface area contributed by atoms with Crippen LogP contribution < -0.4 is 0 Å². The molecule has 1 spiro atoms. The quantitative estimate of drug-likeness (QED) is 0.511. The number of pyridine rings is 1. The molecule has 1 unspecified atom stereocenters. The number of ether oxygens (including phenoxy) is 1. The highest BCUT2D eigenvalue weighted by atomic mass is 19.4. The molecule has 40 heavy (non-hydrogen) atoms. The zero-order valence-corrected chi connectivity index (χ0v) is 22.0. The Hall–Kier alpha value is -3.17. The van der Waals surface area contributed by atoms with Crippen LogP contribution in [0.4, 0.5) is 26.3 Å². The molecule has 15 heteroatoms. The van der Waals surface area contributed by atoms with E-state index in [1.807, 2.05) is 12.4 Å². The van der Waals surface area contributed by atoms with Gasteiger partial charge in [-0.25, -0.2) is 9.59 Å². The Kier molecular flexibility index (Phi) is 11.5. The first-order chi connectivity index (χ1) is 18.5. The number of nitrogens with zero attached hydrogens (tertiary/aromatic N) is 4. The van der Waals surface area contributed by atoms with Crippen LogP contribution in [0.15, 0.2) is 42.9 Å². The number of likely N-dealkylation sites (N-methyl/N-ethyl adjacent to an activating group) is 1. The van der Waals surface area contributed by atoms with E-state index in [1.54, 1.807) is 0 Å². The number of aryl methyl sites for hydroxylation is 1. The molecule has 0 amide bonds. The minimum atomic E-state index is -5.08. The third-order valence-electron chi connectivity index (χ3n) is 6.68. The highest BCUT2D eigenvalue weighted by Gasteiger charge is 2.44. The molecule has 224 valence electrons. The fraction of sp³-hybridized carbons (Fsp3) is 0.560. The van der Waals surface area contributed by atoms with E-state index in [-0.39, 0.29) is 5.60 Å². The van der Waals surface area contributed by atoms with E-state index in [4.69, 9.17) is 24.5 Å². The first kappa shape index (κ1) is 33.0. The Morgan fingerprint density at radius 1 is 1.05 bits per heavy atom. The molecule has 4 rings (SSSR count). The molecule has 2 N–H and O–H groups in total. The van der Waals surface area contributed by atoms with Gasteiger partial charge in [0.05, 0.1) is 12.2 Å². The van der Waals surface area contributed by atoms with Crippen LogP contribution in [0.25, 0.3) is 0 Å². The van der Waals surface area contributed by atoms with E-state index in [0.717, 1.165) is 52.0 Å². The summed E-state index contributed by atoms with van der Waals surface area (Å²) in [5.74, 6) is -5.51. The fourth-order valence-corrected chi connectivity index (χ4v) is 4.37. The molecule has 0 saturated carbocycles. The average molecular weight is 583 g/mol. The van der Waals surface area contributed by atoms with Crippen LogP contribution in [0.5, 0.6) is 0 Å². The number of halogens is 6. The maximum absolute atomic E-state index is 10.6. The van der Waals surface area contributed by atoms with E-state index in [9.17, 15) is 26.3 Å². The second-order valence-electron chi connectivity index (χ2n) is 9.61. The highest BCUT2D eigenvalue weighted by molar-refractivity contribution is 5.73. The van der Waals surface area contributed by atoms with Crippen molar-refractivity contribution in [1.29, 1.82) is 0 Å². The first-order valence-corrected chi connectivity index (χ1v) is 12.2. The number of likely N-dealkylation sites (tertiary alicyclic amines) is 1. The SMILES string of the molecule is CN(Cc1ccncc1)C1COC2(CCN(Cc3cccn3C)CC2)C1.O=C(O)C(F)(F)F.O=C(O)C(F)(F)F. The molecule has 1 atom stereocenters. The number of piperidine rings is 1. The van der Waals surface area contributed by atoms with Crippen LogP contribution in [0.3, 0.4) is 0 Å². The van der Waals surface area contributed by atoms with E-state index in [2.05, 4.69) is 63.9 Å². The minimum absolute atomic E-state index is 0.0991. The number of hydrogen-bond acceptors (Lipinski definition) is 6. The van der Waals surface area contributed by atoms with Crippen LogP contribution in [0.1, 0.15) is 30.5 Å². The van der Waals surface area contributed by atoms with Crippen molar-refractivity contribution in [3.8, 4) is 0 Å². The molecule has 2 aliphatic rings. The van der Waals surface area contributed by atoms with Gasteiger partial charge in [0.1, 0.15) is 0 Å². The first-order valence-electron chi connectivity index (χ1n) is 12.2. The Morgan fingerprint density at radius 3 is 2.02 bits per heavy atom. The standard InChI is InChI=1S/C21H30N4O.2C2HF3O2/c1-23-11-3-4-19(23)16-25-12-7-21(8-13-25)14-20(17-26-21)24(2)15-18-5-9-22-10-6-18;2*3-2(4,5)1(6)7/h3-6,9-11,20H,7-8,12-17H2,1-2H3;2*(H,6,7). The molecular formula is C25H32F6N4O5. The van der Waals surface area contributed by atoms with Crippen LogP contribution in [0, 0.1) is 0 Å². The predicted octanol–water partition coefficient (Wildman–Crippen LogP) is 3.94. The van der Waals surface area contributed by atoms with Crippen LogP contribution in [-0.4, -0.2) is 92.2 Å². The fourth-order valence-electron chi connectivity index (χ4n) is 4.37. The number of carboxylic acid groups (broad SMARTS) is 2. The lowest BCUT2D eigenvalue weighted by molar-refractivity contribution is -0.193. The summed E-state index contributed by atoms with van der Waals surface area (Å²) in [6.07, 6.45) is -0.832. The predicted molar refractivity (Wildman–Crippen MR) is 130 cm³/mol. The van der Waals surface area contributed by atoms with Crippen molar-refractivity contribution in [3.63, 3.8) is 0 Å². The Bertz CT molecular complexity index is 1060. The lowest BCUT2D eigenvalue weighted by Crippen LogP contribution is -2.44. The van der Waals surface area contributed by atoms with Crippen LogP contribution in [0.2, 0.25) is 0 Å². The summed E-state index contributed by atoms with van der Waals surface area (Å²) in [4.78, 5) is 26.9. The minimum Gasteiger partial charge on any atom is -0.475 e. The van der Waals surface area contributed by atoms with Gasteiger partial charge in [-0.1, -0.05) is 0 Å². The summed E-state index contributed by atoms with van der Waals surface area (Å²) in [5.41, 5.74) is 2.81. The summed E-state index contributed by atoms with van der Waals surface area (Å²) >= 11 is 0. The summed E-state index contributed by atoms with van der Waals surface area (Å²) in [6.45, 7) is 5.13. The summed E-state index contributed by atoms with van der Waals surface area (Å²) in [5, 5.41) is 14.2. The molecule has 0 aliphatic carbocycles. The molecule has 9 nitrogen and oxygen atoms in total. The maximum atomic E-state index is 10.6. The molecule has 4 heterocycles. The van der Waals surface area contributed by atoms with Crippen molar-refractivity contribution in [3.05, 3.63) is 54.1 Å². The third kappa shape index (κ3) is 10.4. The van der Waals surface area contributed by atoms with Gasteiger partial charge in [0.15, 0.2) is 0 Å². The molecule has 2 aliphatic heterocycles. The maximum Gasteiger partial charge on any atom is 0.490 e. The normalized spacial score (nSPS) is 19.0. The van der Waals surface area contributed by atoms with E-state index in [0.29, 0.717) is 6.04 Å². The van der Waals surface area contributed by atoms with E-state index in [1.165, 1.54) is 11.3 Å². The molecule has 0 aromatic carbocycles. The Balaban J connectivity index is 0.000000333. The van der Waals surface area contributed by atoms with Gasteiger partial charge in [0.25, 0.3) is 0 Å².